The fraction of sp³-hybridized carbons (Fsp3) is 0.192. The van der Waals surface area contributed by atoms with Crippen molar-refractivity contribution in [3.63, 3.8) is 0 Å². The normalized spacial score (nSPS) is 14.9. The van der Waals surface area contributed by atoms with Crippen LogP contribution in [0.1, 0.15) is 38.8 Å². The molecule has 34 heavy (non-hydrogen) atoms. The fourth-order valence-electron chi connectivity index (χ4n) is 5.08. The summed E-state index contributed by atoms with van der Waals surface area (Å²) in [5.74, 6) is 1.80. The van der Waals surface area contributed by atoms with Crippen LogP contribution in [-0.4, -0.2) is 32.0 Å². The standard InChI is InChI=1S/C26H21ClN6S/c27-19-7-3-1-6-17(19)25-24-18-9-10-28-13-21(18)34-26(24)33-22(31-32-23(33)14-30-25)11-15-12-29-20-8-4-2-5-16(15)20/h1-8,12,28-29H,9-11,13-14H2. The minimum Gasteiger partial charge on any atom is -0.361 e. The average Bonchev–Trinajstić information content (AvgIpc) is 3.54. The highest BCUT2D eigenvalue weighted by Crippen LogP contribution is 2.39. The molecule has 0 bridgehead atoms. The highest BCUT2D eigenvalue weighted by atomic mass is 35.5. The molecule has 2 N–H and O–H groups in total. The molecule has 2 aliphatic heterocycles. The Morgan fingerprint density at radius 3 is 2.88 bits per heavy atom. The maximum Gasteiger partial charge on any atom is 0.160 e. The van der Waals surface area contributed by atoms with Gasteiger partial charge in [0.15, 0.2) is 5.82 Å². The summed E-state index contributed by atoms with van der Waals surface area (Å²) in [5, 5.41) is 15.8. The molecule has 2 aliphatic rings. The number of rotatable bonds is 3. The number of nitrogens with zero attached hydrogens (tertiary/aromatic N) is 4. The first-order chi connectivity index (χ1) is 16.8. The second-order valence-electron chi connectivity index (χ2n) is 8.66. The first-order valence-corrected chi connectivity index (χ1v) is 12.6. The number of aromatic nitrogens is 4. The molecule has 7 rings (SSSR count). The summed E-state index contributed by atoms with van der Waals surface area (Å²) < 4.78 is 2.24. The van der Waals surface area contributed by atoms with Crippen molar-refractivity contribution in [2.24, 2.45) is 4.99 Å². The lowest BCUT2D eigenvalue weighted by molar-refractivity contribution is 0.654. The highest BCUT2D eigenvalue weighted by molar-refractivity contribution is 7.15. The second-order valence-corrected chi connectivity index (χ2v) is 10.2. The van der Waals surface area contributed by atoms with Crippen LogP contribution in [0.25, 0.3) is 15.9 Å². The van der Waals surface area contributed by atoms with Gasteiger partial charge < -0.3 is 10.3 Å². The molecule has 6 nitrogen and oxygen atoms in total. The van der Waals surface area contributed by atoms with Crippen molar-refractivity contribution >= 4 is 39.6 Å². The fourth-order valence-corrected chi connectivity index (χ4v) is 6.66. The zero-order valence-electron chi connectivity index (χ0n) is 18.3. The first-order valence-electron chi connectivity index (χ1n) is 11.4. The molecule has 0 amide bonds. The molecule has 168 valence electrons. The predicted molar refractivity (Wildman–Crippen MR) is 137 cm³/mol. The molecule has 5 heterocycles. The Morgan fingerprint density at radius 2 is 1.94 bits per heavy atom. The van der Waals surface area contributed by atoms with E-state index in [1.807, 2.05) is 29.5 Å². The maximum absolute atomic E-state index is 6.67. The molecule has 8 heteroatoms. The topological polar surface area (TPSA) is 70.9 Å². The minimum atomic E-state index is 0.468. The zero-order valence-corrected chi connectivity index (χ0v) is 19.9. The number of para-hydroxylation sites is 1. The lowest BCUT2D eigenvalue weighted by Gasteiger charge is -2.16. The van der Waals surface area contributed by atoms with E-state index in [9.17, 15) is 0 Å². The number of hydrogen-bond acceptors (Lipinski definition) is 5. The lowest BCUT2D eigenvalue weighted by atomic mass is 9.96. The van der Waals surface area contributed by atoms with Gasteiger partial charge in [-0.1, -0.05) is 48.0 Å². The van der Waals surface area contributed by atoms with Gasteiger partial charge in [-0.3, -0.25) is 9.56 Å². The van der Waals surface area contributed by atoms with Gasteiger partial charge in [0.25, 0.3) is 0 Å². The summed E-state index contributed by atoms with van der Waals surface area (Å²) in [6, 6.07) is 16.4. The summed E-state index contributed by atoms with van der Waals surface area (Å²) >= 11 is 8.49. The molecule has 0 saturated carbocycles. The molecule has 5 aromatic rings. The van der Waals surface area contributed by atoms with Gasteiger partial charge in [0.2, 0.25) is 0 Å². The summed E-state index contributed by atoms with van der Waals surface area (Å²) in [6.45, 7) is 2.30. The molecule has 0 aliphatic carbocycles. The number of benzene rings is 2. The number of H-pyrrole nitrogens is 1. The van der Waals surface area contributed by atoms with Gasteiger partial charge in [-0.15, -0.1) is 21.5 Å². The third kappa shape index (κ3) is 3.08. The van der Waals surface area contributed by atoms with Crippen LogP contribution in [0.4, 0.5) is 0 Å². The van der Waals surface area contributed by atoms with Crippen LogP contribution in [0.5, 0.6) is 0 Å². The number of aromatic amines is 1. The summed E-state index contributed by atoms with van der Waals surface area (Å²) in [5.41, 5.74) is 6.85. The summed E-state index contributed by atoms with van der Waals surface area (Å²) in [7, 11) is 0. The van der Waals surface area contributed by atoms with Crippen molar-refractivity contribution in [1.82, 2.24) is 25.1 Å². The second kappa shape index (κ2) is 7.91. The number of aliphatic imine (C=N–C) groups is 1. The molecular weight excluding hydrogens is 464 g/mol. The predicted octanol–water partition coefficient (Wildman–Crippen LogP) is 5.05. The quantitative estimate of drug-likeness (QED) is 0.376. The van der Waals surface area contributed by atoms with Gasteiger partial charge in [0.1, 0.15) is 17.4 Å². The van der Waals surface area contributed by atoms with Crippen molar-refractivity contribution in [2.75, 3.05) is 6.54 Å². The van der Waals surface area contributed by atoms with Crippen molar-refractivity contribution in [2.45, 2.75) is 25.9 Å². The van der Waals surface area contributed by atoms with E-state index in [-0.39, 0.29) is 0 Å². The van der Waals surface area contributed by atoms with Gasteiger partial charge in [-0.05, 0) is 36.2 Å². The van der Waals surface area contributed by atoms with Gasteiger partial charge >= 0.3 is 0 Å². The highest BCUT2D eigenvalue weighted by Gasteiger charge is 2.31. The smallest absolute Gasteiger partial charge is 0.160 e. The Labute approximate surface area is 205 Å². The van der Waals surface area contributed by atoms with Crippen LogP contribution >= 0.6 is 22.9 Å². The minimum absolute atomic E-state index is 0.468. The number of thiophene rings is 1. The van der Waals surface area contributed by atoms with Gasteiger partial charge in [-0.2, -0.15) is 0 Å². The largest absolute Gasteiger partial charge is 0.361 e. The van der Waals surface area contributed by atoms with Crippen LogP contribution in [0.2, 0.25) is 5.02 Å². The number of halogens is 1. The maximum atomic E-state index is 6.67. The Hall–Kier alpha value is -3.26. The Morgan fingerprint density at radius 1 is 1.06 bits per heavy atom. The van der Waals surface area contributed by atoms with Gasteiger partial charge in [0, 0.05) is 51.1 Å². The van der Waals surface area contributed by atoms with E-state index in [1.165, 1.54) is 27.0 Å². The monoisotopic (exact) mass is 484 g/mol. The molecule has 0 fully saturated rings. The Bertz CT molecular complexity index is 1590. The average molecular weight is 485 g/mol. The lowest BCUT2D eigenvalue weighted by Crippen LogP contribution is -2.23. The van der Waals surface area contributed by atoms with Crippen LogP contribution in [-0.2, 0) is 25.9 Å². The van der Waals surface area contributed by atoms with Crippen molar-refractivity contribution < 1.29 is 0 Å². The zero-order chi connectivity index (χ0) is 22.6. The van der Waals surface area contributed by atoms with Crippen LogP contribution in [0.3, 0.4) is 0 Å². The Kier molecular flexibility index (Phi) is 4.68. The Balaban J connectivity index is 1.42. The van der Waals surface area contributed by atoms with Crippen molar-refractivity contribution in [3.8, 4) is 5.00 Å². The van der Waals surface area contributed by atoms with E-state index in [4.69, 9.17) is 16.6 Å². The molecule has 3 aromatic heterocycles. The summed E-state index contributed by atoms with van der Waals surface area (Å²) in [6.07, 6.45) is 3.75. The van der Waals surface area contributed by atoms with Crippen LogP contribution in [0.15, 0.2) is 59.7 Å². The van der Waals surface area contributed by atoms with Gasteiger partial charge in [-0.25, -0.2) is 0 Å². The molecule has 0 radical (unpaired) electrons. The molecule has 0 saturated heterocycles. The molecule has 2 aromatic carbocycles. The van der Waals surface area contributed by atoms with Crippen molar-refractivity contribution in [1.29, 1.82) is 0 Å². The summed E-state index contributed by atoms with van der Waals surface area (Å²) in [4.78, 5) is 9.81. The van der Waals surface area contributed by atoms with E-state index in [0.29, 0.717) is 13.0 Å². The van der Waals surface area contributed by atoms with E-state index in [1.54, 1.807) is 0 Å². The van der Waals surface area contributed by atoms with Crippen molar-refractivity contribution in [3.05, 3.63) is 98.5 Å². The molecule has 0 unspecified atom stereocenters. The number of hydrogen-bond donors (Lipinski definition) is 2. The molecule has 0 atom stereocenters. The SMILES string of the molecule is Clc1ccccc1C1=NCc2nnc(Cc3c[nH]c4ccccc34)n2-c2sc3c(c21)CCNC3. The van der Waals surface area contributed by atoms with Crippen LogP contribution < -0.4 is 5.32 Å². The number of fused-ring (bicyclic) bond motifs is 6. The van der Waals surface area contributed by atoms with Gasteiger partial charge in [0.05, 0.1) is 5.71 Å². The number of nitrogens with one attached hydrogen (secondary N) is 2. The van der Waals surface area contributed by atoms with Crippen LogP contribution in [0, 0.1) is 0 Å². The van der Waals surface area contributed by atoms with E-state index in [0.717, 1.165) is 58.0 Å². The van der Waals surface area contributed by atoms with E-state index >= 15 is 0 Å². The molecule has 0 spiro atoms. The third-order valence-electron chi connectivity index (χ3n) is 6.68. The van der Waals surface area contributed by atoms with E-state index < -0.39 is 0 Å². The first kappa shape index (κ1) is 20.1. The molecular formula is C26H21ClN6S. The van der Waals surface area contributed by atoms with E-state index in [2.05, 4.69) is 61.6 Å². The third-order valence-corrected chi connectivity index (χ3v) is 8.22.